The van der Waals surface area contributed by atoms with Crippen LogP contribution in [0.2, 0.25) is 0 Å². The van der Waals surface area contributed by atoms with Gasteiger partial charge in [-0.2, -0.15) is 0 Å². The van der Waals surface area contributed by atoms with E-state index >= 15 is 0 Å². The van der Waals surface area contributed by atoms with Crippen molar-refractivity contribution in [3.63, 3.8) is 0 Å². The molecule has 1 fully saturated rings. The van der Waals surface area contributed by atoms with Gasteiger partial charge >= 0.3 is 0 Å². The molecule has 4 nitrogen and oxygen atoms in total. The first kappa shape index (κ1) is 11.1. The first-order valence-electron chi connectivity index (χ1n) is 5.51. The second-order valence-electron chi connectivity index (χ2n) is 4.66. The molecule has 16 heavy (non-hydrogen) atoms. The van der Waals surface area contributed by atoms with Crippen molar-refractivity contribution in [2.75, 3.05) is 0 Å². The summed E-state index contributed by atoms with van der Waals surface area (Å²) in [5, 5.41) is 10.7. The number of nitro groups is 1. The van der Waals surface area contributed by atoms with E-state index in [0.717, 1.165) is 17.5 Å². The molecule has 0 spiro atoms. The molecule has 0 aromatic heterocycles. The lowest BCUT2D eigenvalue weighted by molar-refractivity contribution is -0.385. The van der Waals surface area contributed by atoms with E-state index in [2.05, 4.69) is 6.92 Å². The van der Waals surface area contributed by atoms with E-state index in [1.54, 1.807) is 12.1 Å². The average molecular weight is 220 g/mol. The summed E-state index contributed by atoms with van der Waals surface area (Å²) in [6, 6.07) is 5.32. The topological polar surface area (TPSA) is 69.2 Å². The van der Waals surface area contributed by atoms with Gasteiger partial charge < -0.3 is 5.73 Å². The Morgan fingerprint density at radius 3 is 2.69 bits per heavy atom. The monoisotopic (exact) mass is 220 g/mol. The summed E-state index contributed by atoms with van der Waals surface area (Å²) >= 11 is 0. The maximum atomic E-state index is 10.7. The molecular weight excluding hydrogens is 204 g/mol. The number of nitrogens with zero attached hydrogens (tertiary/aromatic N) is 1. The maximum Gasteiger partial charge on any atom is 0.269 e. The van der Waals surface area contributed by atoms with E-state index in [4.69, 9.17) is 5.73 Å². The molecular formula is C12H16N2O2. The van der Waals surface area contributed by atoms with Crippen LogP contribution in [0.3, 0.4) is 0 Å². The maximum absolute atomic E-state index is 10.7. The van der Waals surface area contributed by atoms with Gasteiger partial charge in [-0.15, -0.1) is 0 Å². The second-order valence-corrected chi connectivity index (χ2v) is 4.66. The Morgan fingerprint density at radius 2 is 2.19 bits per heavy atom. The van der Waals surface area contributed by atoms with Gasteiger partial charge in [0.05, 0.1) is 4.92 Å². The van der Waals surface area contributed by atoms with Gasteiger partial charge in [-0.05, 0) is 36.3 Å². The molecule has 0 radical (unpaired) electrons. The lowest BCUT2D eigenvalue weighted by atomic mass is 9.66. The summed E-state index contributed by atoms with van der Waals surface area (Å²) in [6.45, 7) is 4.10. The Balaban J connectivity index is 2.33. The third-order valence-electron chi connectivity index (χ3n) is 3.71. The predicted octanol–water partition coefficient (Wildman–Crippen LogP) is 2.35. The molecule has 2 rings (SSSR count). The summed E-state index contributed by atoms with van der Waals surface area (Å²) < 4.78 is 0. The van der Waals surface area contributed by atoms with E-state index in [1.165, 1.54) is 0 Å². The Kier molecular flexibility index (Phi) is 2.68. The molecule has 1 aromatic carbocycles. The number of nitro benzene ring substituents is 1. The molecule has 0 bridgehead atoms. The van der Waals surface area contributed by atoms with Gasteiger partial charge in [0.1, 0.15) is 0 Å². The van der Waals surface area contributed by atoms with Crippen LogP contribution in [0.25, 0.3) is 0 Å². The molecule has 0 aliphatic heterocycles. The molecule has 1 aromatic rings. The summed E-state index contributed by atoms with van der Waals surface area (Å²) in [5.41, 5.74) is 8.24. The van der Waals surface area contributed by atoms with Crippen molar-refractivity contribution < 1.29 is 4.92 Å². The molecule has 86 valence electrons. The molecule has 3 unspecified atom stereocenters. The van der Waals surface area contributed by atoms with Crippen molar-refractivity contribution in [1.82, 2.24) is 0 Å². The molecule has 0 saturated heterocycles. The molecule has 1 aliphatic rings. The van der Waals surface area contributed by atoms with Crippen LogP contribution in [0.4, 0.5) is 5.69 Å². The third kappa shape index (κ3) is 1.69. The number of non-ortho nitro benzene ring substituents is 1. The molecule has 4 heteroatoms. The van der Waals surface area contributed by atoms with E-state index in [0.29, 0.717) is 11.8 Å². The summed E-state index contributed by atoms with van der Waals surface area (Å²) in [7, 11) is 0. The van der Waals surface area contributed by atoms with Crippen LogP contribution >= 0.6 is 0 Å². The van der Waals surface area contributed by atoms with Crippen LogP contribution < -0.4 is 5.73 Å². The van der Waals surface area contributed by atoms with E-state index in [1.807, 2.05) is 13.0 Å². The summed E-state index contributed by atoms with van der Waals surface area (Å²) in [5.74, 6) is 0.801. The van der Waals surface area contributed by atoms with Crippen LogP contribution in [0.15, 0.2) is 18.2 Å². The van der Waals surface area contributed by atoms with Gasteiger partial charge in [0.2, 0.25) is 0 Å². The first-order chi connectivity index (χ1) is 7.50. The fourth-order valence-corrected chi connectivity index (χ4v) is 2.38. The lowest BCUT2D eigenvalue weighted by Gasteiger charge is -2.41. The van der Waals surface area contributed by atoms with Crippen molar-refractivity contribution in [2.45, 2.75) is 32.2 Å². The number of hydrogen-bond donors (Lipinski definition) is 1. The van der Waals surface area contributed by atoms with Crippen LogP contribution in [0.1, 0.15) is 30.4 Å². The quantitative estimate of drug-likeness (QED) is 0.614. The number of rotatable bonds is 2. The van der Waals surface area contributed by atoms with Crippen LogP contribution in [0.5, 0.6) is 0 Å². The highest BCUT2D eigenvalue weighted by Gasteiger charge is 2.37. The summed E-state index contributed by atoms with van der Waals surface area (Å²) in [4.78, 5) is 10.4. The van der Waals surface area contributed by atoms with Gasteiger partial charge in [0.15, 0.2) is 0 Å². The smallest absolute Gasteiger partial charge is 0.269 e. The Hall–Kier alpha value is -1.42. The van der Waals surface area contributed by atoms with Crippen LogP contribution in [0, 0.1) is 23.0 Å². The van der Waals surface area contributed by atoms with Gasteiger partial charge in [0.25, 0.3) is 5.69 Å². The molecule has 1 saturated carbocycles. The minimum Gasteiger partial charge on any atom is -0.327 e. The normalized spacial score (nSPS) is 28.6. The predicted molar refractivity (Wildman–Crippen MR) is 62.3 cm³/mol. The zero-order valence-electron chi connectivity index (χ0n) is 9.51. The Bertz CT molecular complexity index is 431. The van der Waals surface area contributed by atoms with Crippen molar-refractivity contribution in [1.29, 1.82) is 0 Å². The van der Waals surface area contributed by atoms with E-state index in [9.17, 15) is 10.1 Å². The molecule has 2 N–H and O–H groups in total. The summed E-state index contributed by atoms with van der Waals surface area (Å²) in [6.07, 6.45) is 0.934. The number of nitrogens with two attached hydrogens (primary N) is 1. The molecule has 0 amide bonds. The zero-order valence-corrected chi connectivity index (χ0v) is 9.51. The molecule has 0 heterocycles. The first-order valence-corrected chi connectivity index (χ1v) is 5.51. The molecule has 3 atom stereocenters. The SMILES string of the molecule is Cc1ccc([N+](=O)[O-])cc1C1CC(N)C1C. The fourth-order valence-electron chi connectivity index (χ4n) is 2.38. The number of hydrogen-bond acceptors (Lipinski definition) is 3. The minimum absolute atomic E-state index is 0.174. The lowest BCUT2D eigenvalue weighted by Crippen LogP contribution is -2.44. The van der Waals surface area contributed by atoms with Crippen molar-refractivity contribution in [2.24, 2.45) is 11.7 Å². The number of aryl methyl sites for hydroxylation is 1. The highest BCUT2D eigenvalue weighted by atomic mass is 16.6. The van der Waals surface area contributed by atoms with Crippen LogP contribution in [-0.2, 0) is 0 Å². The highest BCUT2D eigenvalue weighted by Crippen LogP contribution is 2.43. The zero-order chi connectivity index (χ0) is 11.9. The highest BCUT2D eigenvalue weighted by molar-refractivity contribution is 5.42. The van der Waals surface area contributed by atoms with Gasteiger partial charge in [0, 0.05) is 18.2 Å². The Morgan fingerprint density at radius 1 is 1.50 bits per heavy atom. The Labute approximate surface area is 94.6 Å². The minimum atomic E-state index is -0.341. The average Bonchev–Trinajstić information content (AvgIpc) is 2.26. The fraction of sp³-hybridized carbons (Fsp3) is 0.500. The second kappa shape index (κ2) is 3.87. The van der Waals surface area contributed by atoms with Gasteiger partial charge in [-0.3, -0.25) is 10.1 Å². The van der Waals surface area contributed by atoms with E-state index in [-0.39, 0.29) is 16.7 Å². The standard InChI is InChI=1S/C12H16N2O2/c1-7-3-4-9(14(15)16)5-10(7)11-6-12(13)8(11)2/h3-5,8,11-12H,6,13H2,1-2H3. The van der Waals surface area contributed by atoms with Crippen molar-refractivity contribution >= 4 is 5.69 Å². The largest absolute Gasteiger partial charge is 0.327 e. The van der Waals surface area contributed by atoms with Crippen molar-refractivity contribution in [3.05, 3.63) is 39.4 Å². The van der Waals surface area contributed by atoms with Crippen LogP contribution in [-0.4, -0.2) is 11.0 Å². The van der Waals surface area contributed by atoms with Crippen molar-refractivity contribution in [3.8, 4) is 0 Å². The third-order valence-corrected chi connectivity index (χ3v) is 3.71. The van der Waals surface area contributed by atoms with E-state index < -0.39 is 0 Å². The number of benzene rings is 1. The van der Waals surface area contributed by atoms with Gasteiger partial charge in [-0.25, -0.2) is 0 Å². The molecule has 1 aliphatic carbocycles. The van der Waals surface area contributed by atoms with Gasteiger partial charge in [-0.1, -0.05) is 13.0 Å².